The molecular weight excluding hydrogens is 481 g/mol. The smallest absolute Gasteiger partial charge is 0.407 e. The van der Waals surface area contributed by atoms with Gasteiger partial charge in [0.1, 0.15) is 18.2 Å². The van der Waals surface area contributed by atoms with Crippen molar-refractivity contribution < 1.29 is 18.3 Å². The molecule has 3 aromatic rings. The van der Waals surface area contributed by atoms with Crippen molar-refractivity contribution in [2.24, 2.45) is 5.92 Å². The molecule has 0 bridgehead atoms. The third kappa shape index (κ3) is 6.19. The van der Waals surface area contributed by atoms with Crippen LogP contribution >= 0.6 is 23.2 Å². The number of piperidine rings is 1. The molecule has 8 heteroatoms. The number of alkyl carbamates (subject to hydrolysis) is 1. The number of nitrogens with one attached hydrogen (secondary N) is 1. The SMILES string of the molecule is O=C(N[C@H]1C[C@@H](Cc2ccc(F)cc2F)CN(c2c(Cl)cccc2Cl)C1)OCc1ccccc1. The van der Waals surface area contributed by atoms with E-state index in [0.717, 1.165) is 11.6 Å². The summed E-state index contributed by atoms with van der Waals surface area (Å²) in [6, 6.07) is 18.0. The lowest BCUT2D eigenvalue weighted by molar-refractivity contribution is 0.133. The van der Waals surface area contributed by atoms with Crippen LogP contribution in [0.4, 0.5) is 19.3 Å². The summed E-state index contributed by atoms with van der Waals surface area (Å²) in [5.41, 5.74) is 1.97. The summed E-state index contributed by atoms with van der Waals surface area (Å²) in [5, 5.41) is 3.91. The molecule has 0 aliphatic carbocycles. The van der Waals surface area contributed by atoms with Crippen molar-refractivity contribution in [2.45, 2.75) is 25.5 Å². The van der Waals surface area contributed by atoms with Gasteiger partial charge in [-0.15, -0.1) is 0 Å². The molecule has 0 unspecified atom stereocenters. The number of hydrogen-bond donors (Lipinski definition) is 1. The normalized spacial score (nSPS) is 17.9. The highest BCUT2D eigenvalue weighted by Crippen LogP contribution is 2.36. The Labute approximate surface area is 207 Å². The second kappa shape index (κ2) is 11.1. The molecule has 1 aliphatic heterocycles. The molecule has 3 aromatic carbocycles. The summed E-state index contributed by atoms with van der Waals surface area (Å²) in [4.78, 5) is 14.5. The third-order valence-electron chi connectivity index (χ3n) is 5.85. The molecule has 0 radical (unpaired) electrons. The molecule has 1 fully saturated rings. The Morgan fingerprint density at radius 3 is 2.44 bits per heavy atom. The molecule has 2 atom stereocenters. The topological polar surface area (TPSA) is 41.6 Å². The number of ether oxygens (including phenoxy) is 1. The quantitative estimate of drug-likeness (QED) is 0.409. The van der Waals surface area contributed by atoms with Crippen LogP contribution < -0.4 is 10.2 Å². The van der Waals surface area contributed by atoms with Crippen LogP contribution in [0.25, 0.3) is 0 Å². The van der Waals surface area contributed by atoms with E-state index in [1.807, 2.05) is 35.2 Å². The first-order valence-electron chi connectivity index (χ1n) is 11.0. The van der Waals surface area contributed by atoms with Crippen molar-refractivity contribution in [1.29, 1.82) is 0 Å². The molecule has 1 amide bonds. The number of amides is 1. The molecule has 1 N–H and O–H groups in total. The fourth-order valence-electron chi connectivity index (χ4n) is 4.36. The maximum absolute atomic E-state index is 14.3. The number of anilines is 1. The average Bonchev–Trinajstić information content (AvgIpc) is 2.80. The van der Waals surface area contributed by atoms with Gasteiger partial charge in [0.2, 0.25) is 0 Å². The van der Waals surface area contributed by atoms with Gasteiger partial charge < -0.3 is 15.0 Å². The van der Waals surface area contributed by atoms with Gasteiger partial charge >= 0.3 is 6.09 Å². The molecule has 0 aromatic heterocycles. The predicted molar refractivity (Wildman–Crippen MR) is 130 cm³/mol. The van der Waals surface area contributed by atoms with E-state index in [9.17, 15) is 13.6 Å². The fraction of sp³-hybridized carbons (Fsp3) is 0.269. The van der Waals surface area contributed by atoms with Gasteiger partial charge in [0, 0.05) is 19.2 Å². The molecule has 0 saturated carbocycles. The van der Waals surface area contributed by atoms with E-state index in [4.69, 9.17) is 27.9 Å². The van der Waals surface area contributed by atoms with E-state index in [-0.39, 0.29) is 18.6 Å². The Morgan fingerprint density at radius 2 is 1.74 bits per heavy atom. The lowest BCUT2D eigenvalue weighted by atomic mass is 9.88. The molecule has 1 aliphatic rings. The van der Waals surface area contributed by atoms with Gasteiger partial charge in [-0.2, -0.15) is 0 Å². The maximum atomic E-state index is 14.3. The van der Waals surface area contributed by atoms with Crippen molar-refractivity contribution >= 4 is 35.0 Å². The van der Waals surface area contributed by atoms with Crippen molar-refractivity contribution in [2.75, 3.05) is 18.0 Å². The minimum absolute atomic E-state index is 0.0412. The van der Waals surface area contributed by atoms with Gasteiger partial charge in [-0.05, 0) is 48.1 Å². The summed E-state index contributed by atoms with van der Waals surface area (Å²) in [5.74, 6) is -1.24. The summed E-state index contributed by atoms with van der Waals surface area (Å²) in [7, 11) is 0. The van der Waals surface area contributed by atoms with E-state index < -0.39 is 17.7 Å². The van der Waals surface area contributed by atoms with Crippen LogP contribution in [-0.4, -0.2) is 25.2 Å². The highest BCUT2D eigenvalue weighted by molar-refractivity contribution is 6.39. The van der Waals surface area contributed by atoms with Gasteiger partial charge in [0.05, 0.1) is 21.8 Å². The Morgan fingerprint density at radius 1 is 1.00 bits per heavy atom. The number of benzene rings is 3. The summed E-state index contributed by atoms with van der Waals surface area (Å²) in [6.07, 6.45) is 0.435. The Balaban J connectivity index is 1.50. The van der Waals surface area contributed by atoms with E-state index >= 15 is 0 Å². The van der Waals surface area contributed by atoms with Crippen molar-refractivity contribution in [1.82, 2.24) is 5.32 Å². The highest BCUT2D eigenvalue weighted by atomic mass is 35.5. The Hall–Kier alpha value is -2.83. The standard InChI is InChI=1S/C26H24Cl2F2N2O2/c27-22-7-4-8-23(28)25(22)32-14-18(11-19-9-10-20(29)13-24(19)30)12-21(15-32)31-26(33)34-16-17-5-2-1-3-6-17/h1-10,13,18,21H,11-12,14-16H2,(H,31,33)/t18-,21+/m1/s1. The van der Waals surface area contributed by atoms with E-state index in [0.29, 0.717) is 47.2 Å². The Kier molecular flexibility index (Phi) is 7.91. The van der Waals surface area contributed by atoms with Gasteiger partial charge in [0.25, 0.3) is 0 Å². The van der Waals surface area contributed by atoms with Crippen LogP contribution in [0, 0.1) is 17.6 Å². The number of hydrogen-bond acceptors (Lipinski definition) is 3. The fourth-order valence-corrected chi connectivity index (χ4v) is 5.00. The van der Waals surface area contributed by atoms with Crippen LogP contribution in [-0.2, 0) is 17.8 Å². The first-order chi connectivity index (χ1) is 16.4. The van der Waals surface area contributed by atoms with Gasteiger partial charge in [-0.1, -0.05) is 65.7 Å². The van der Waals surface area contributed by atoms with E-state index in [1.54, 1.807) is 18.2 Å². The van der Waals surface area contributed by atoms with E-state index in [1.165, 1.54) is 12.1 Å². The lowest BCUT2D eigenvalue weighted by Crippen LogP contribution is -2.51. The monoisotopic (exact) mass is 504 g/mol. The molecule has 1 heterocycles. The zero-order chi connectivity index (χ0) is 24.1. The third-order valence-corrected chi connectivity index (χ3v) is 6.46. The van der Waals surface area contributed by atoms with Crippen LogP contribution in [0.2, 0.25) is 10.0 Å². The second-order valence-electron chi connectivity index (χ2n) is 8.42. The number of para-hydroxylation sites is 1. The molecular formula is C26H24Cl2F2N2O2. The maximum Gasteiger partial charge on any atom is 0.407 e. The molecule has 0 spiro atoms. The van der Waals surface area contributed by atoms with Crippen molar-refractivity contribution in [3.8, 4) is 0 Å². The molecule has 178 valence electrons. The summed E-state index contributed by atoms with van der Waals surface area (Å²) >= 11 is 12.9. The zero-order valence-corrected chi connectivity index (χ0v) is 19.8. The number of carbonyl (C=O) groups excluding carboxylic acids is 1. The molecule has 1 saturated heterocycles. The van der Waals surface area contributed by atoms with Gasteiger partial charge in [-0.3, -0.25) is 0 Å². The number of nitrogens with zero attached hydrogens (tertiary/aromatic N) is 1. The predicted octanol–water partition coefficient (Wildman–Crippen LogP) is 6.64. The first kappa shape index (κ1) is 24.3. The average molecular weight is 505 g/mol. The number of carbonyl (C=O) groups is 1. The Bertz CT molecular complexity index is 1130. The summed E-state index contributed by atoms with van der Waals surface area (Å²) in [6.45, 7) is 1.17. The minimum atomic E-state index is -0.616. The van der Waals surface area contributed by atoms with Crippen molar-refractivity contribution in [3.05, 3.63) is 99.5 Å². The largest absolute Gasteiger partial charge is 0.445 e. The zero-order valence-electron chi connectivity index (χ0n) is 18.3. The lowest BCUT2D eigenvalue weighted by Gasteiger charge is -2.40. The molecule has 4 rings (SSSR count). The highest BCUT2D eigenvalue weighted by Gasteiger charge is 2.31. The van der Waals surface area contributed by atoms with Crippen LogP contribution in [0.5, 0.6) is 0 Å². The summed E-state index contributed by atoms with van der Waals surface area (Å²) < 4.78 is 33.1. The molecule has 4 nitrogen and oxygen atoms in total. The first-order valence-corrected chi connectivity index (χ1v) is 11.7. The van der Waals surface area contributed by atoms with Crippen molar-refractivity contribution in [3.63, 3.8) is 0 Å². The van der Waals surface area contributed by atoms with Gasteiger partial charge in [0.15, 0.2) is 0 Å². The second-order valence-corrected chi connectivity index (χ2v) is 9.23. The van der Waals surface area contributed by atoms with Crippen LogP contribution in [0.1, 0.15) is 17.5 Å². The number of rotatable bonds is 6. The molecule has 34 heavy (non-hydrogen) atoms. The minimum Gasteiger partial charge on any atom is -0.445 e. The van der Waals surface area contributed by atoms with E-state index in [2.05, 4.69) is 5.32 Å². The number of halogens is 4. The van der Waals surface area contributed by atoms with Crippen LogP contribution in [0.15, 0.2) is 66.7 Å². The van der Waals surface area contributed by atoms with Gasteiger partial charge in [-0.25, -0.2) is 13.6 Å². The van der Waals surface area contributed by atoms with Crippen LogP contribution in [0.3, 0.4) is 0 Å².